The summed E-state index contributed by atoms with van der Waals surface area (Å²) in [6.45, 7) is 1.32. The topological polar surface area (TPSA) is 81.9 Å². The van der Waals surface area contributed by atoms with Crippen LogP contribution in [0.4, 0.5) is 22.0 Å². The van der Waals surface area contributed by atoms with Crippen molar-refractivity contribution in [3.63, 3.8) is 0 Å². The molecule has 0 radical (unpaired) electrons. The molecule has 1 aliphatic rings. The maximum absolute atomic E-state index is 13.5. The monoisotopic (exact) mass is 459 g/mol. The van der Waals surface area contributed by atoms with Crippen LogP contribution in [0, 0.1) is 0 Å². The van der Waals surface area contributed by atoms with Gasteiger partial charge in [0.05, 0.1) is 28.8 Å². The van der Waals surface area contributed by atoms with Gasteiger partial charge in [-0.25, -0.2) is 22.2 Å². The standard InChI is InChI=1S/C19H14F5N3O3S/c1-2-31(29,30)15-5-11(14-7-18(14,20)21)8-25-16(15)27-17(28)13-6-12(19(22,23)24)4-3-10(13)9-26-27/h3-6,8-9,14H,2,7H2,1H3. The van der Waals surface area contributed by atoms with E-state index in [1.165, 1.54) is 6.92 Å². The van der Waals surface area contributed by atoms with Crippen LogP contribution in [-0.2, 0) is 16.0 Å². The minimum Gasteiger partial charge on any atom is -0.267 e. The van der Waals surface area contributed by atoms with Crippen molar-refractivity contribution in [1.29, 1.82) is 0 Å². The fourth-order valence-corrected chi connectivity index (χ4v) is 4.27. The molecule has 4 rings (SSSR count). The number of hydrogen-bond donors (Lipinski definition) is 0. The zero-order valence-electron chi connectivity index (χ0n) is 15.8. The van der Waals surface area contributed by atoms with Crippen LogP contribution in [-0.4, -0.2) is 34.9 Å². The molecular weight excluding hydrogens is 445 g/mol. The number of hydrogen-bond acceptors (Lipinski definition) is 5. The minimum absolute atomic E-state index is 0.00558. The number of halogens is 5. The highest BCUT2D eigenvalue weighted by molar-refractivity contribution is 7.91. The fraction of sp³-hybridized carbons (Fsp3) is 0.316. The van der Waals surface area contributed by atoms with Gasteiger partial charge in [-0.1, -0.05) is 13.0 Å². The molecule has 0 saturated heterocycles. The lowest BCUT2D eigenvalue weighted by Crippen LogP contribution is -2.25. The van der Waals surface area contributed by atoms with Crippen LogP contribution in [0.1, 0.15) is 30.4 Å². The molecule has 1 atom stereocenters. The van der Waals surface area contributed by atoms with Gasteiger partial charge in [-0.15, -0.1) is 0 Å². The smallest absolute Gasteiger partial charge is 0.267 e. The predicted octanol–water partition coefficient (Wildman–Crippen LogP) is 3.72. The molecule has 31 heavy (non-hydrogen) atoms. The molecule has 12 heteroatoms. The van der Waals surface area contributed by atoms with E-state index >= 15 is 0 Å². The summed E-state index contributed by atoms with van der Waals surface area (Å²) in [5.74, 6) is -5.02. The van der Waals surface area contributed by atoms with Gasteiger partial charge >= 0.3 is 6.18 Å². The van der Waals surface area contributed by atoms with Crippen molar-refractivity contribution in [3.8, 4) is 5.82 Å². The molecule has 1 aromatic carbocycles. The predicted molar refractivity (Wildman–Crippen MR) is 100 cm³/mol. The van der Waals surface area contributed by atoms with Gasteiger partial charge in [0.1, 0.15) is 4.90 Å². The Balaban J connectivity index is 1.95. The number of nitrogens with zero attached hydrogens (tertiary/aromatic N) is 3. The zero-order valence-corrected chi connectivity index (χ0v) is 16.6. The first-order chi connectivity index (χ1) is 14.3. The average molecular weight is 459 g/mol. The highest BCUT2D eigenvalue weighted by Gasteiger charge is 2.58. The van der Waals surface area contributed by atoms with Gasteiger partial charge < -0.3 is 0 Å². The minimum atomic E-state index is -4.69. The van der Waals surface area contributed by atoms with Crippen molar-refractivity contribution in [2.75, 3.05) is 5.75 Å². The summed E-state index contributed by atoms with van der Waals surface area (Å²) < 4.78 is 91.8. The molecule has 1 unspecified atom stereocenters. The molecule has 164 valence electrons. The molecule has 0 spiro atoms. The molecule has 1 saturated carbocycles. The summed E-state index contributed by atoms with van der Waals surface area (Å²) in [6, 6.07) is 3.54. The van der Waals surface area contributed by atoms with Crippen LogP contribution in [0.15, 0.2) is 46.3 Å². The zero-order chi connectivity index (χ0) is 22.8. The van der Waals surface area contributed by atoms with Crippen molar-refractivity contribution >= 4 is 20.6 Å². The largest absolute Gasteiger partial charge is 0.416 e. The van der Waals surface area contributed by atoms with Crippen LogP contribution < -0.4 is 5.56 Å². The second kappa shape index (κ2) is 6.81. The Hall–Kier alpha value is -2.89. The third-order valence-corrected chi connectivity index (χ3v) is 6.84. The Morgan fingerprint density at radius 3 is 2.45 bits per heavy atom. The third kappa shape index (κ3) is 3.68. The molecule has 3 aromatic rings. The Morgan fingerprint density at radius 1 is 1.19 bits per heavy atom. The molecule has 0 aliphatic heterocycles. The summed E-state index contributed by atoms with van der Waals surface area (Å²) in [6.07, 6.45) is -3.02. The number of sulfone groups is 1. The average Bonchev–Trinajstić information content (AvgIpc) is 3.35. The number of aromatic nitrogens is 3. The van der Waals surface area contributed by atoms with Crippen molar-refractivity contribution < 1.29 is 30.4 Å². The quantitative estimate of drug-likeness (QED) is 0.556. The van der Waals surface area contributed by atoms with E-state index in [2.05, 4.69) is 10.1 Å². The van der Waals surface area contributed by atoms with E-state index in [9.17, 15) is 35.2 Å². The second-order valence-electron chi connectivity index (χ2n) is 7.17. The molecule has 1 fully saturated rings. The summed E-state index contributed by atoms with van der Waals surface area (Å²) in [7, 11) is -4.03. The molecule has 2 heterocycles. The lowest BCUT2D eigenvalue weighted by Gasteiger charge is -2.13. The summed E-state index contributed by atoms with van der Waals surface area (Å²) >= 11 is 0. The second-order valence-corrected chi connectivity index (χ2v) is 9.42. The first kappa shape index (κ1) is 21.3. The first-order valence-electron chi connectivity index (χ1n) is 9.05. The van der Waals surface area contributed by atoms with Gasteiger partial charge in [0.15, 0.2) is 15.7 Å². The van der Waals surface area contributed by atoms with Gasteiger partial charge in [0.2, 0.25) is 0 Å². The number of alkyl halides is 5. The lowest BCUT2D eigenvalue weighted by atomic mass is 10.1. The van der Waals surface area contributed by atoms with E-state index < -0.39 is 61.9 Å². The Kier molecular flexibility index (Phi) is 4.69. The van der Waals surface area contributed by atoms with Crippen LogP contribution in [0.25, 0.3) is 16.6 Å². The molecule has 0 amide bonds. The molecular formula is C19H14F5N3O3S. The summed E-state index contributed by atoms with van der Waals surface area (Å²) in [5.41, 5.74) is -2.09. The summed E-state index contributed by atoms with van der Waals surface area (Å²) in [5, 5.41) is 3.61. The van der Waals surface area contributed by atoms with Gasteiger partial charge in [-0.05, 0) is 23.8 Å². The summed E-state index contributed by atoms with van der Waals surface area (Å²) in [4.78, 5) is 16.3. The van der Waals surface area contributed by atoms with E-state index in [0.29, 0.717) is 10.7 Å². The molecule has 6 nitrogen and oxygen atoms in total. The van der Waals surface area contributed by atoms with E-state index in [1.54, 1.807) is 0 Å². The lowest BCUT2D eigenvalue weighted by molar-refractivity contribution is -0.137. The van der Waals surface area contributed by atoms with E-state index in [1.807, 2.05) is 0 Å². The van der Waals surface area contributed by atoms with Gasteiger partial charge in [-0.3, -0.25) is 4.79 Å². The fourth-order valence-electron chi connectivity index (χ4n) is 3.23. The van der Waals surface area contributed by atoms with Crippen molar-refractivity contribution in [2.24, 2.45) is 0 Å². The highest BCUT2D eigenvalue weighted by atomic mass is 32.2. The SMILES string of the molecule is CCS(=O)(=O)c1cc(C2CC2(F)F)cnc1-n1ncc2ccc(C(F)(F)F)cc2c1=O. The van der Waals surface area contributed by atoms with Crippen LogP contribution >= 0.6 is 0 Å². The normalized spacial score (nSPS) is 18.3. The van der Waals surface area contributed by atoms with Crippen LogP contribution in [0.2, 0.25) is 0 Å². The Bertz CT molecular complexity index is 1370. The molecule has 0 bridgehead atoms. The molecule has 0 N–H and O–H groups in total. The van der Waals surface area contributed by atoms with Crippen molar-refractivity contribution in [2.45, 2.75) is 36.3 Å². The van der Waals surface area contributed by atoms with E-state index in [4.69, 9.17) is 0 Å². The van der Waals surface area contributed by atoms with Crippen LogP contribution in [0.3, 0.4) is 0 Å². The highest BCUT2D eigenvalue weighted by Crippen LogP contribution is 2.55. The van der Waals surface area contributed by atoms with Crippen molar-refractivity contribution in [1.82, 2.24) is 14.8 Å². The number of fused-ring (bicyclic) bond motifs is 1. The maximum Gasteiger partial charge on any atom is 0.416 e. The Labute approximate surface area is 172 Å². The van der Waals surface area contributed by atoms with Gasteiger partial charge in [0, 0.05) is 18.0 Å². The molecule has 2 aromatic heterocycles. The van der Waals surface area contributed by atoms with Crippen LogP contribution in [0.5, 0.6) is 0 Å². The van der Waals surface area contributed by atoms with Gasteiger partial charge in [-0.2, -0.15) is 23.0 Å². The number of benzene rings is 1. The number of pyridine rings is 1. The number of rotatable bonds is 4. The molecule has 1 aliphatic carbocycles. The van der Waals surface area contributed by atoms with Gasteiger partial charge in [0.25, 0.3) is 11.5 Å². The first-order valence-corrected chi connectivity index (χ1v) is 10.7. The third-order valence-electron chi connectivity index (χ3n) is 5.11. The van der Waals surface area contributed by atoms with Crippen molar-refractivity contribution in [3.05, 3.63) is 58.1 Å². The van der Waals surface area contributed by atoms with E-state index in [0.717, 1.165) is 30.6 Å². The maximum atomic E-state index is 13.5. The van der Waals surface area contributed by atoms with E-state index in [-0.39, 0.29) is 16.3 Å². The Morgan fingerprint density at radius 2 is 1.87 bits per heavy atom.